The summed E-state index contributed by atoms with van der Waals surface area (Å²) in [5.41, 5.74) is 1.60. The van der Waals surface area contributed by atoms with Gasteiger partial charge in [0.1, 0.15) is 5.52 Å². The van der Waals surface area contributed by atoms with E-state index in [1.165, 1.54) is 24.6 Å². The van der Waals surface area contributed by atoms with E-state index < -0.39 is 0 Å². The van der Waals surface area contributed by atoms with Gasteiger partial charge in [0.05, 0.1) is 5.75 Å². The van der Waals surface area contributed by atoms with Gasteiger partial charge in [0, 0.05) is 13.1 Å². The molecule has 0 radical (unpaired) electrons. The molecular formula is C15H18N2O2S. The van der Waals surface area contributed by atoms with Gasteiger partial charge in [0.2, 0.25) is 5.91 Å². The SMILES string of the molecule is CC(C1CC1)N(C)C(=O)CSc1nc2ccccc2o1. The molecule has 1 aromatic carbocycles. The molecule has 5 heteroatoms. The van der Waals surface area contributed by atoms with E-state index in [1.54, 1.807) is 0 Å². The Morgan fingerprint density at radius 2 is 2.25 bits per heavy atom. The summed E-state index contributed by atoms with van der Waals surface area (Å²) in [5.74, 6) is 1.20. The maximum Gasteiger partial charge on any atom is 0.257 e. The van der Waals surface area contributed by atoms with Crippen LogP contribution in [0.1, 0.15) is 19.8 Å². The number of amides is 1. The Balaban J connectivity index is 1.59. The fourth-order valence-corrected chi connectivity index (χ4v) is 3.02. The number of carbonyl (C=O) groups excluding carboxylic acids is 1. The van der Waals surface area contributed by atoms with Crippen molar-refractivity contribution in [1.29, 1.82) is 0 Å². The topological polar surface area (TPSA) is 46.3 Å². The maximum atomic E-state index is 12.1. The number of fused-ring (bicyclic) bond motifs is 1. The molecule has 1 heterocycles. The van der Waals surface area contributed by atoms with Gasteiger partial charge in [-0.1, -0.05) is 23.9 Å². The van der Waals surface area contributed by atoms with Crippen LogP contribution < -0.4 is 0 Å². The summed E-state index contributed by atoms with van der Waals surface area (Å²) < 4.78 is 5.60. The van der Waals surface area contributed by atoms with Crippen LogP contribution in [0, 0.1) is 5.92 Å². The fourth-order valence-electron chi connectivity index (χ4n) is 2.26. The molecule has 1 aliphatic rings. The van der Waals surface area contributed by atoms with Crippen LogP contribution in [0.2, 0.25) is 0 Å². The first-order valence-corrected chi connectivity index (χ1v) is 7.88. The molecule has 1 fully saturated rings. The predicted molar refractivity (Wildman–Crippen MR) is 79.7 cm³/mol. The molecular weight excluding hydrogens is 272 g/mol. The number of hydrogen-bond acceptors (Lipinski definition) is 4. The Labute approximate surface area is 122 Å². The summed E-state index contributed by atoms with van der Waals surface area (Å²) in [4.78, 5) is 18.4. The molecule has 1 aliphatic carbocycles. The number of thioether (sulfide) groups is 1. The lowest BCUT2D eigenvalue weighted by molar-refractivity contribution is -0.129. The van der Waals surface area contributed by atoms with Gasteiger partial charge >= 0.3 is 0 Å². The minimum absolute atomic E-state index is 0.136. The monoisotopic (exact) mass is 290 g/mol. The van der Waals surface area contributed by atoms with Crippen LogP contribution in [-0.4, -0.2) is 34.6 Å². The van der Waals surface area contributed by atoms with E-state index in [0.717, 1.165) is 11.1 Å². The number of oxazole rings is 1. The zero-order valence-corrected chi connectivity index (χ0v) is 12.5. The molecule has 0 saturated heterocycles. The van der Waals surface area contributed by atoms with Crippen LogP contribution in [0.15, 0.2) is 33.9 Å². The highest BCUT2D eigenvalue weighted by Gasteiger charge is 2.32. The molecule has 2 aromatic rings. The van der Waals surface area contributed by atoms with Crippen molar-refractivity contribution in [3.8, 4) is 0 Å². The minimum Gasteiger partial charge on any atom is -0.431 e. The van der Waals surface area contributed by atoms with Crippen LogP contribution in [0.4, 0.5) is 0 Å². The van der Waals surface area contributed by atoms with E-state index in [4.69, 9.17) is 4.42 Å². The molecule has 1 saturated carbocycles. The zero-order chi connectivity index (χ0) is 14.1. The second kappa shape index (κ2) is 5.48. The van der Waals surface area contributed by atoms with Gasteiger partial charge in [-0.3, -0.25) is 4.79 Å². The highest BCUT2D eigenvalue weighted by Crippen LogP contribution is 2.35. The van der Waals surface area contributed by atoms with E-state index in [-0.39, 0.29) is 5.91 Å². The fraction of sp³-hybridized carbons (Fsp3) is 0.467. The number of aromatic nitrogens is 1. The summed E-state index contributed by atoms with van der Waals surface area (Å²) in [6.45, 7) is 2.12. The standard InChI is InChI=1S/C15H18N2O2S/c1-10(11-7-8-11)17(2)14(18)9-20-15-16-12-5-3-4-6-13(12)19-15/h3-6,10-11H,7-9H2,1-2H3. The number of para-hydroxylation sites is 2. The van der Waals surface area contributed by atoms with Gasteiger partial charge in [-0.2, -0.15) is 0 Å². The highest BCUT2D eigenvalue weighted by molar-refractivity contribution is 7.99. The van der Waals surface area contributed by atoms with Crippen molar-refractivity contribution in [3.05, 3.63) is 24.3 Å². The first-order valence-electron chi connectivity index (χ1n) is 6.89. The Hall–Kier alpha value is -1.49. The molecule has 0 N–H and O–H groups in total. The molecule has 4 nitrogen and oxygen atoms in total. The summed E-state index contributed by atoms with van der Waals surface area (Å²) in [6.07, 6.45) is 2.49. The summed E-state index contributed by atoms with van der Waals surface area (Å²) in [7, 11) is 1.89. The van der Waals surface area contributed by atoms with Gasteiger partial charge in [-0.15, -0.1) is 0 Å². The minimum atomic E-state index is 0.136. The molecule has 1 unspecified atom stereocenters. The van der Waals surface area contributed by atoms with E-state index in [2.05, 4.69) is 11.9 Å². The zero-order valence-electron chi connectivity index (χ0n) is 11.7. The second-order valence-electron chi connectivity index (χ2n) is 5.32. The van der Waals surface area contributed by atoms with Crippen molar-refractivity contribution in [2.75, 3.05) is 12.8 Å². The molecule has 1 amide bonds. The molecule has 106 valence electrons. The highest BCUT2D eigenvalue weighted by atomic mass is 32.2. The molecule has 1 aromatic heterocycles. The van der Waals surface area contributed by atoms with E-state index >= 15 is 0 Å². The molecule has 1 atom stereocenters. The molecule has 20 heavy (non-hydrogen) atoms. The quantitative estimate of drug-likeness (QED) is 0.793. The van der Waals surface area contributed by atoms with Gasteiger partial charge in [0.15, 0.2) is 5.58 Å². The summed E-state index contributed by atoms with van der Waals surface area (Å²) in [6, 6.07) is 7.97. The van der Waals surface area contributed by atoms with Crippen LogP contribution in [-0.2, 0) is 4.79 Å². The lowest BCUT2D eigenvalue weighted by atomic mass is 10.2. The summed E-state index contributed by atoms with van der Waals surface area (Å²) in [5, 5.41) is 0.562. The lowest BCUT2D eigenvalue weighted by Crippen LogP contribution is -2.37. The third-order valence-corrected chi connectivity index (χ3v) is 4.71. The van der Waals surface area contributed by atoms with Crippen LogP contribution in [0.5, 0.6) is 0 Å². The average Bonchev–Trinajstić information content (AvgIpc) is 3.22. The number of carbonyl (C=O) groups is 1. The third-order valence-electron chi connectivity index (χ3n) is 3.90. The Morgan fingerprint density at radius 1 is 1.50 bits per heavy atom. The first-order chi connectivity index (χ1) is 9.65. The smallest absolute Gasteiger partial charge is 0.257 e. The van der Waals surface area contributed by atoms with Crippen LogP contribution in [0.3, 0.4) is 0 Å². The largest absolute Gasteiger partial charge is 0.431 e. The van der Waals surface area contributed by atoms with E-state index in [0.29, 0.717) is 22.9 Å². The van der Waals surface area contributed by atoms with Gasteiger partial charge in [0.25, 0.3) is 5.22 Å². The Bertz CT molecular complexity index is 588. The molecule has 3 rings (SSSR count). The molecule has 0 bridgehead atoms. The van der Waals surface area contributed by atoms with Crippen LogP contribution in [0.25, 0.3) is 11.1 Å². The summed E-state index contributed by atoms with van der Waals surface area (Å²) >= 11 is 1.36. The van der Waals surface area contributed by atoms with Crippen molar-refractivity contribution in [2.45, 2.75) is 31.0 Å². The van der Waals surface area contributed by atoms with Crippen molar-refractivity contribution in [2.24, 2.45) is 5.92 Å². The molecule has 0 spiro atoms. The number of benzene rings is 1. The van der Waals surface area contributed by atoms with Crippen molar-refractivity contribution >= 4 is 28.8 Å². The number of rotatable bonds is 5. The van der Waals surface area contributed by atoms with Crippen molar-refractivity contribution in [1.82, 2.24) is 9.88 Å². The third kappa shape index (κ3) is 2.82. The van der Waals surface area contributed by atoms with Gasteiger partial charge < -0.3 is 9.32 Å². The normalized spacial score (nSPS) is 16.3. The van der Waals surface area contributed by atoms with Crippen molar-refractivity contribution < 1.29 is 9.21 Å². The van der Waals surface area contributed by atoms with Gasteiger partial charge in [-0.05, 0) is 37.8 Å². The predicted octanol–water partition coefficient (Wildman–Crippen LogP) is 3.18. The first kappa shape index (κ1) is 13.5. The average molecular weight is 290 g/mol. The van der Waals surface area contributed by atoms with E-state index in [9.17, 15) is 4.79 Å². The van der Waals surface area contributed by atoms with Crippen molar-refractivity contribution in [3.63, 3.8) is 0 Å². The molecule has 0 aliphatic heterocycles. The Kier molecular flexibility index (Phi) is 3.70. The lowest BCUT2D eigenvalue weighted by Gasteiger charge is -2.24. The number of hydrogen-bond donors (Lipinski definition) is 0. The van der Waals surface area contributed by atoms with E-state index in [1.807, 2.05) is 36.2 Å². The maximum absolute atomic E-state index is 12.1. The van der Waals surface area contributed by atoms with Gasteiger partial charge in [-0.25, -0.2) is 4.98 Å². The van der Waals surface area contributed by atoms with Crippen LogP contribution >= 0.6 is 11.8 Å². The Morgan fingerprint density at radius 3 is 2.95 bits per heavy atom. The number of nitrogens with zero attached hydrogens (tertiary/aromatic N) is 2. The second-order valence-corrected chi connectivity index (χ2v) is 6.25.